The number of amides is 3. The highest BCUT2D eigenvalue weighted by Crippen LogP contribution is 2.39. The zero-order chi connectivity index (χ0) is 26.1. The molecule has 0 bridgehead atoms. The number of imide groups is 1. The summed E-state index contributed by atoms with van der Waals surface area (Å²) in [5.41, 5.74) is 3.06. The summed E-state index contributed by atoms with van der Waals surface area (Å²) >= 11 is 0. The quantitative estimate of drug-likeness (QED) is 0.273. The fraction of sp³-hybridized carbons (Fsp3) is 0.167. The lowest BCUT2D eigenvalue weighted by Gasteiger charge is -2.19. The van der Waals surface area contributed by atoms with Crippen molar-refractivity contribution in [3.05, 3.63) is 101 Å². The van der Waals surface area contributed by atoms with Gasteiger partial charge in [-0.25, -0.2) is 4.90 Å². The molecule has 5 rings (SSSR count). The van der Waals surface area contributed by atoms with Crippen LogP contribution in [0.3, 0.4) is 0 Å². The maximum atomic E-state index is 13.1. The van der Waals surface area contributed by atoms with Gasteiger partial charge in [0.2, 0.25) is 0 Å². The summed E-state index contributed by atoms with van der Waals surface area (Å²) < 4.78 is 5.82. The molecule has 0 atom stereocenters. The van der Waals surface area contributed by atoms with Crippen molar-refractivity contribution in [3.63, 3.8) is 0 Å². The summed E-state index contributed by atoms with van der Waals surface area (Å²) in [6.07, 6.45) is 0.554. The molecule has 1 aliphatic rings. The lowest BCUT2D eigenvalue weighted by atomic mass is 10.0. The van der Waals surface area contributed by atoms with Gasteiger partial charge in [0.05, 0.1) is 29.0 Å². The Kier molecular flexibility index (Phi) is 6.36. The molecule has 1 aliphatic heterocycles. The number of rotatable bonds is 7. The van der Waals surface area contributed by atoms with Gasteiger partial charge in [-0.15, -0.1) is 0 Å². The predicted octanol–water partition coefficient (Wildman–Crippen LogP) is 5.16. The number of nitrogens with zero attached hydrogens (tertiary/aromatic N) is 1. The van der Waals surface area contributed by atoms with Gasteiger partial charge in [-0.05, 0) is 50.1 Å². The Morgan fingerprint density at radius 1 is 0.892 bits per heavy atom. The fourth-order valence-electron chi connectivity index (χ4n) is 4.62. The fourth-order valence-corrected chi connectivity index (χ4v) is 4.62. The van der Waals surface area contributed by atoms with Gasteiger partial charge in [0.25, 0.3) is 17.7 Å². The average molecular weight is 495 g/mol. The van der Waals surface area contributed by atoms with Crippen molar-refractivity contribution in [2.24, 2.45) is 0 Å². The SMILES string of the molecule is Cc1ccc(OCCCNC(=O)c2cc(N3C(=O)c4ccccc4C3=O)c3ccccc3c2O)c(C)c1. The number of hydrogen-bond donors (Lipinski definition) is 2. The van der Waals surface area contributed by atoms with Crippen LogP contribution in [0, 0.1) is 13.8 Å². The van der Waals surface area contributed by atoms with Crippen LogP contribution < -0.4 is 15.0 Å². The first-order chi connectivity index (χ1) is 17.9. The van der Waals surface area contributed by atoms with E-state index in [2.05, 4.69) is 5.32 Å². The van der Waals surface area contributed by atoms with E-state index in [9.17, 15) is 19.5 Å². The van der Waals surface area contributed by atoms with Crippen LogP contribution in [0.2, 0.25) is 0 Å². The maximum absolute atomic E-state index is 13.1. The molecule has 4 aromatic carbocycles. The number of carbonyl (C=O) groups excluding carboxylic acids is 3. The molecule has 0 aliphatic carbocycles. The lowest BCUT2D eigenvalue weighted by molar-refractivity contribution is 0.0918. The minimum Gasteiger partial charge on any atom is -0.506 e. The third-order valence-electron chi connectivity index (χ3n) is 6.47. The molecular weight excluding hydrogens is 468 g/mol. The Morgan fingerprint density at radius 2 is 1.54 bits per heavy atom. The second kappa shape index (κ2) is 9.78. The Morgan fingerprint density at radius 3 is 2.22 bits per heavy atom. The number of ether oxygens (including phenoxy) is 1. The van der Waals surface area contributed by atoms with Gasteiger partial charge < -0.3 is 15.2 Å². The summed E-state index contributed by atoms with van der Waals surface area (Å²) in [5.74, 6) is -0.847. The average Bonchev–Trinajstić information content (AvgIpc) is 3.15. The van der Waals surface area contributed by atoms with Crippen molar-refractivity contribution >= 4 is 34.2 Å². The molecular formula is C30H26N2O5. The number of carbonyl (C=O) groups is 3. The van der Waals surface area contributed by atoms with E-state index in [0.717, 1.165) is 21.8 Å². The summed E-state index contributed by atoms with van der Waals surface area (Å²) in [7, 11) is 0. The Labute approximate surface area is 214 Å². The molecule has 0 fully saturated rings. The molecule has 186 valence electrons. The van der Waals surface area contributed by atoms with Crippen molar-refractivity contribution in [1.29, 1.82) is 0 Å². The van der Waals surface area contributed by atoms with Crippen LogP contribution >= 0.6 is 0 Å². The molecule has 3 amide bonds. The number of aromatic hydroxyl groups is 1. The number of nitrogens with one attached hydrogen (secondary N) is 1. The van der Waals surface area contributed by atoms with E-state index >= 15 is 0 Å². The molecule has 0 spiro atoms. The number of benzene rings is 4. The van der Waals surface area contributed by atoms with Crippen LogP contribution in [-0.4, -0.2) is 36.0 Å². The predicted molar refractivity (Wildman–Crippen MR) is 142 cm³/mol. The zero-order valence-corrected chi connectivity index (χ0v) is 20.6. The van der Waals surface area contributed by atoms with E-state index in [1.165, 1.54) is 6.07 Å². The Hall–Kier alpha value is -4.65. The molecule has 2 N–H and O–H groups in total. The number of phenols is 1. The summed E-state index contributed by atoms with van der Waals surface area (Å²) in [5, 5.41) is 14.6. The molecule has 0 saturated heterocycles. The minimum atomic E-state index is -0.507. The molecule has 37 heavy (non-hydrogen) atoms. The van der Waals surface area contributed by atoms with Gasteiger partial charge in [-0.1, -0.05) is 54.1 Å². The normalized spacial score (nSPS) is 12.6. The third-order valence-corrected chi connectivity index (χ3v) is 6.47. The largest absolute Gasteiger partial charge is 0.506 e. The highest BCUT2D eigenvalue weighted by atomic mass is 16.5. The Bertz CT molecular complexity index is 1520. The van der Waals surface area contributed by atoms with Gasteiger partial charge in [0, 0.05) is 17.3 Å². The number of anilines is 1. The summed E-state index contributed by atoms with van der Waals surface area (Å²) in [6.45, 7) is 4.74. The third kappa shape index (κ3) is 4.40. The minimum absolute atomic E-state index is 0.0134. The first kappa shape index (κ1) is 24.1. The zero-order valence-electron chi connectivity index (χ0n) is 20.6. The van der Waals surface area contributed by atoms with E-state index < -0.39 is 17.7 Å². The molecule has 0 unspecified atom stereocenters. The van der Waals surface area contributed by atoms with E-state index in [1.54, 1.807) is 48.5 Å². The number of aryl methyl sites for hydroxylation is 2. The van der Waals surface area contributed by atoms with Crippen LogP contribution in [0.25, 0.3) is 10.8 Å². The van der Waals surface area contributed by atoms with Crippen molar-refractivity contribution in [2.75, 3.05) is 18.1 Å². The van der Waals surface area contributed by atoms with E-state index in [1.807, 2.05) is 32.0 Å². The molecule has 0 radical (unpaired) electrons. The molecule has 7 heteroatoms. The second-order valence-corrected chi connectivity index (χ2v) is 9.06. The number of hydrogen-bond acceptors (Lipinski definition) is 5. The summed E-state index contributed by atoms with van der Waals surface area (Å²) in [6, 6.07) is 20.8. The second-order valence-electron chi connectivity index (χ2n) is 9.06. The highest BCUT2D eigenvalue weighted by Gasteiger charge is 2.37. The molecule has 0 saturated carbocycles. The van der Waals surface area contributed by atoms with Gasteiger partial charge >= 0.3 is 0 Å². The standard InChI is InChI=1S/C30H26N2O5/c1-18-12-13-26(19(2)16-18)37-15-7-14-31-28(34)24-17-25(20-8-3-4-9-21(20)27(24)33)32-29(35)22-10-5-6-11-23(22)30(32)36/h3-6,8-13,16-17,33H,7,14-15H2,1-2H3,(H,31,34). The first-order valence-electron chi connectivity index (χ1n) is 12.1. The van der Waals surface area contributed by atoms with Crippen LogP contribution in [0.5, 0.6) is 11.5 Å². The van der Waals surface area contributed by atoms with Crippen molar-refractivity contribution in [1.82, 2.24) is 5.32 Å². The van der Waals surface area contributed by atoms with Crippen molar-refractivity contribution in [3.8, 4) is 11.5 Å². The van der Waals surface area contributed by atoms with Crippen molar-refractivity contribution in [2.45, 2.75) is 20.3 Å². The van der Waals surface area contributed by atoms with E-state index in [0.29, 0.717) is 41.5 Å². The first-order valence-corrected chi connectivity index (χ1v) is 12.1. The van der Waals surface area contributed by atoms with Gasteiger partial charge in [0.15, 0.2) is 0 Å². The van der Waals surface area contributed by atoms with Crippen LogP contribution in [0.15, 0.2) is 72.8 Å². The number of fused-ring (bicyclic) bond motifs is 2. The highest BCUT2D eigenvalue weighted by molar-refractivity contribution is 6.36. The van der Waals surface area contributed by atoms with Crippen LogP contribution in [-0.2, 0) is 0 Å². The Balaban J connectivity index is 1.36. The van der Waals surface area contributed by atoms with Crippen LogP contribution in [0.4, 0.5) is 5.69 Å². The maximum Gasteiger partial charge on any atom is 0.266 e. The molecule has 4 aromatic rings. The lowest BCUT2D eigenvalue weighted by Crippen LogP contribution is -2.30. The number of phenolic OH excluding ortho intramolecular Hbond substituents is 1. The monoisotopic (exact) mass is 494 g/mol. The topological polar surface area (TPSA) is 95.9 Å². The van der Waals surface area contributed by atoms with Gasteiger partial charge in [-0.2, -0.15) is 0 Å². The molecule has 0 aromatic heterocycles. The van der Waals surface area contributed by atoms with E-state index in [-0.39, 0.29) is 17.0 Å². The van der Waals surface area contributed by atoms with Crippen LogP contribution in [0.1, 0.15) is 48.6 Å². The smallest absolute Gasteiger partial charge is 0.266 e. The summed E-state index contributed by atoms with van der Waals surface area (Å²) in [4.78, 5) is 40.5. The van der Waals surface area contributed by atoms with Gasteiger partial charge in [0.1, 0.15) is 11.5 Å². The molecule has 7 nitrogen and oxygen atoms in total. The van der Waals surface area contributed by atoms with E-state index in [4.69, 9.17) is 4.74 Å². The molecule has 1 heterocycles. The van der Waals surface area contributed by atoms with Gasteiger partial charge in [-0.3, -0.25) is 14.4 Å². The van der Waals surface area contributed by atoms with Crippen molar-refractivity contribution < 1.29 is 24.2 Å².